The van der Waals surface area contributed by atoms with Crippen LogP contribution in [-0.2, 0) is 31.2 Å². The number of ether oxygens (including phenoxy) is 1. The molecule has 0 fully saturated rings. The van der Waals surface area contributed by atoms with Crippen molar-refractivity contribution in [3.8, 4) is 0 Å². The first-order valence-corrected chi connectivity index (χ1v) is 3.35. The number of rotatable bonds is 1. The number of esters is 1. The minimum atomic E-state index is -0.995. The number of carbonyl (C=O) groups is 1. The van der Waals surface area contributed by atoms with Crippen molar-refractivity contribution < 1.29 is 41.5 Å². The van der Waals surface area contributed by atoms with Gasteiger partial charge in [-0.25, -0.2) is 4.79 Å². The molecule has 0 aliphatic rings. The Balaban J connectivity index is -0.000000142. The van der Waals surface area contributed by atoms with Gasteiger partial charge in [0.15, 0.2) is 0 Å². The molecule has 0 amide bonds. The van der Waals surface area contributed by atoms with E-state index < -0.39 is 12.1 Å². The molecule has 4 nitrogen and oxygen atoms in total. The normalized spacial score (nSPS) is 10.6. The number of aliphatic hydroxyl groups is 2. The van der Waals surface area contributed by atoms with Crippen LogP contribution in [0, 0.1) is 0 Å². The zero-order chi connectivity index (χ0) is 9.44. The number of hydrogen-bond acceptors (Lipinski definition) is 4. The van der Waals surface area contributed by atoms with Crippen molar-refractivity contribution in [1.82, 2.24) is 0 Å². The standard InChI is InChI=1S/C4H8O3.C3H8O.Ti/c1-3(5)4(6)7-2;1-3(2)4;/h3,5H,1-2H3;3-4H,1-2H3;. The first-order chi connectivity index (χ1) is 4.91. The molecule has 0 aromatic carbocycles. The molecule has 0 saturated carbocycles. The minimum absolute atomic E-state index is 0. The van der Waals surface area contributed by atoms with E-state index in [4.69, 9.17) is 10.2 Å². The Morgan fingerprint density at radius 2 is 1.50 bits per heavy atom. The van der Waals surface area contributed by atoms with E-state index in [0.717, 1.165) is 0 Å². The van der Waals surface area contributed by atoms with Crippen LogP contribution >= 0.6 is 0 Å². The van der Waals surface area contributed by atoms with Gasteiger partial charge in [-0.15, -0.1) is 0 Å². The molecule has 5 heteroatoms. The fraction of sp³-hybridized carbons (Fsp3) is 0.857. The molecule has 0 aliphatic heterocycles. The molecular formula is C7H16O4Ti. The summed E-state index contributed by atoms with van der Waals surface area (Å²) in [5.74, 6) is -0.597. The summed E-state index contributed by atoms with van der Waals surface area (Å²) in [6, 6.07) is 0. The largest absolute Gasteiger partial charge is 0.467 e. The Hall–Kier alpha value is 0.104. The SMILES string of the molecule is CC(C)O.COC(=O)C(C)O.[Ti]. The molecule has 0 aliphatic carbocycles. The topological polar surface area (TPSA) is 66.8 Å². The van der Waals surface area contributed by atoms with Crippen LogP contribution < -0.4 is 0 Å². The van der Waals surface area contributed by atoms with Gasteiger partial charge in [0.05, 0.1) is 7.11 Å². The van der Waals surface area contributed by atoms with Crippen molar-refractivity contribution in [2.75, 3.05) is 7.11 Å². The third-order valence-electron chi connectivity index (χ3n) is 0.542. The molecule has 2 N–H and O–H groups in total. The summed E-state index contributed by atoms with van der Waals surface area (Å²) >= 11 is 0. The van der Waals surface area contributed by atoms with Gasteiger partial charge in [-0.1, -0.05) is 0 Å². The predicted octanol–water partition coefficient (Wildman–Crippen LogP) is -0.0752. The molecule has 0 aromatic heterocycles. The van der Waals surface area contributed by atoms with Crippen molar-refractivity contribution in [3.63, 3.8) is 0 Å². The second kappa shape index (κ2) is 11.1. The van der Waals surface area contributed by atoms with Crippen molar-refractivity contribution in [2.24, 2.45) is 0 Å². The van der Waals surface area contributed by atoms with Gasteiger partial charge in [0.1, 0.15) is 6.10 Å². The average molecular weight is 212 g/mol. The van der Waals surface area contributed by atoms with E-state index in [1.807, 2.05) is 0 Å². The fourth-order valence-electron chi connectivity index (χ4n) is 0.171. The summed E-state index contributed by atoms with van der Waals surface area (Å²) in [5, 5.41) is 16.4. The number of aliphatic hydroxyl groups excluding tert-OH is 2. The van der Waals surface area contributed by atoms with Crippen LogP contribution in [0.15, 0.2) is 0 Å². The monoisotopic (exact) mass is 212 g/mol. The van der Waals surface area contributed by atoms with Crippen molar-refractivity contribution in [1.29, 1.82) is 0 Å². The van der Waals surface area contributed by atoms with Crippen LogP contribution in [0.4, 0.5) is 0 Å². The predicted molar refractivity (Wildman–Crippen MR) is 41.1 cm³/mol. The van der Waals surface area contributed by atoms with Crippen LogP contribution in [0.5, 0.6) is 0 Å². The van der Waals surface area contributed by atoms with Crippen LogP contribution in [0.1, 0.15) is 20.8 Å². The van der Waals surface area contributed by atoms with E-state index in [2.05, 4.69) is 4.74 Å². The fourth-order valence-corrected chi connectivity index (χ4v) is 0.171. The van der Waals surface area contributed by atoms with Gasteiger partial charge in [0.25, 0.3) is 0 Å². The van der Waals surface area contributed by atoms with Crippen LogP contribution in [0.25, 0.3) is 0 Å². The van der Waals surface area contributed by atoms with Gasteiger partial charge in [0.2, 0.25) is 0 Å². The van der Waals surface area contributed by atoms with E-state index in [1.165, 1.54) is 14.0 Å². The van der Waals surface area contributed by atoms with Gasteiger partial charge in [-0.2, -0.15) is 0 Å². The average Bonchev–Trinajstić information content (AvgIpc) is 1.85. The number of methoxy groups -OCH3 is 1. The summed E-state index contributed by atoms with van der Waals surface area (Å²) in [6.45, 7) is 4.80. The Morgan fingerprint density at radius 1 is 1.25 bits per heavy atom. The molecular weight excluding hydrogens is 196 g/mol. The molecule has 0 heterocycles. The van der Waals surface area contributed by atoms with Crippen molar-refractivity contribution in [2.45, 2.75) is 33.0 Å². The zero-order valence-corrected chi connectivity index (χ0v) is 9.43. The van der Waals surface area contributed by atoms with Gasteiger partial charge >= 0.3 is 5.97 Å². The maximum absolute atomic E-state index is 10.0. The second-order valence-corrected chi connectivity index (χ2v) is 2.29. The molecule has 0 spiro atoms. The van der Waals surface area contributed by atoms with Crippen LogP contribution in [0.2, 0.25) is 0 Å². The third kappa shape index (κ3) is 22.5. The van der Waals surface area contributed by atoms with Gasteiger partial charge in [-0.05, 0) is 20.8 Å². The molecule has 0 bridgehead atoms. The first kappa shape index (κ1) is 18.0. The molecule has 0 aromatic rings. The van der Waals surface area contributed by atoms with Crippen molar-refractivity contribution >= 4 is 5.97 Å². The minimum Gasteiger partial charge on any atom is -0.467 e. The Morgan fingerprint density at radius 3 is 1.50 bits per heavy atom. The summed E-state index contributed by atoms with van der Waals surface area (Å²) in [7, 11) is 1.23. The smallest absolute Gasteiger partial charge is 0.334 e. The van der Waals surface area contributed by atoms with E-state index in [-0.39, 0.29) is 27.8 Å². The first-order valence-electron chi connectivity index (χ1n) is 3.35. The quantitative estimate of drug-likeness (QED) is 0.471. The molecule has 1 unspecified atom stereocenters. The van der Waals surface area contributed by atoms with E-state index in [0.29, 0.717) is 0 Å². The number of hydrogen-bond donors (Lipinski definition) is 2. The third-order valence-corrected chi connectivity index (χ3v) is 0.542. The molecule has 0 radical (unpaired) electrons. The molecule has 72 valence electrons. The van der Waals surface area contributed by atoms with E-state index >= 15 is 0 Å². The number of carbonyl (C=O) groups excluding carboxylic acids is 1. The summed E-state index contributed by atoms with van der Waals surface area (Å²) in [6.07, 6.45) is -1.16. The zero-order valence-electron chi connectivity index (χ0n) is 7.87. The van der Waals surface area contributed by atoms with E-state index in [9.17, 15) is 4.79 Å². The molecule has 1 atom stereocenters. The summed E-state index contributed by atoms with van der Waals surface area (Å²) in [5.41, 5.74) is 0. The molecule has 12 heavy (non-hydrogen) atoms. The maximum atomic E-state index is 10.0. The Kier molecular flexibility index (Phi) is 16.7. The van der Waals surface area contributed by atoms with Gasteiger partial charge in [0, 0.05) is 27.8 Å². The van der Waals surface area contributed by atoms with Gasteiger partial charge in [-0.3, -0.25) is 0 Å². The molecule has 0 rings (SSSR count). The van der Waals surface area contributed by atoms with Gasteiger partial charge < -0.3 is 14.9 Å². The summed E-state index contributed by atoms with van der Waals surface area (Å²) < 4.78 is 4.12. The maximum Gasteiger partial charge on any atom is 0.334 e. The molecule has 0 saturated heterocycles. The van der Waals surface area contributed by atoms with E-state index in [1.54, 1.807) is 13.8 Å². The van der Waals surface area contributed by atoms with Crippen LogP contribution in [0.3, 0.4) is 0 Å². The second-order valence-electron chi connectivity index (χ2n) is 2.29. The Bertz CT molecular complexity index is 101. The summed E-state index contributed by atoms with van der Waals surface area (Å²) in [4.78, 5) is 10.0. The van der Waals surface area contributed by atoms with Crippen molar-refractivity contribution in [3.05, 3.63) is 0 Å². The van der Waals surface area contributed by atoms with Crippen LogP contribution in [-0.4, -0.2) is 35.5 Å². The Labute approximate surface area is 87.8 Å².